The van der Waals surface area contributed by atoms with E-state index in [9.17, 15) is 5.11 Å². The lowest BCUT2D eigenvalue weighted by atomic mass is 9.98. The van der Waals surface area contributed by atoms with Crippen molar-refractivity contribution >= 4 is 0 Å². The molecule has 2 rings (SSSR count). The number of aromatic hydroxyl groups is 1. The van der Waals surface area contributed by atoms with Gasteiger partial charge in [-0.25, -0.2) is 0 Å². The molecule has 0 saturated carbocycles. The second kappa shape index (κ2) is 8.48. The predicted octanol–water partition coefficient (Wildman–Crippen LogP) is 4.46. The van der Waals surface area contributed by atoms with Gasteiger partial charge in [0.15, 0.2) is 0 Å². The highest BCUT2D eigenvalue weighted by atomic mass is 16.3. The first-order valence-corrected chi connectivity index (χ1v) is 7.86. The monoisotopic (exact) mass is 283 g/mol. The molecular weight excluding hydrogens is 258 g/mol. The predicted molar refractivity (Wildman–Crippen MR) is 88.5 cm³/mol. The Labute approximate surface area is 127 Å². The summed E-state index contributed by atoms with van der Waals surface area (Å²) in [4.78, 5) is 0. The zero-order valence-electron chi connectivity index (χ0n) is 12.8. The lowest BCUT2D eigenvalue weighted by Crippen LogP contribution is -2.24. The van der Waals surface area contributed by atoms with Crippen molar-refractivity contribution < 1.29 is 5.11 Å². The van der Waals surface area contributed by atoms with Gasteiger partial charge in [-0.15, -0.1) is 0 Å². The molecule has 1 unspecified atom stereocenters. The topological polar surface area (TPSA) is 32.3 Å². The maximum absolute atomic E-state index is 9.45. The molecule has 112 valence electrons. The molecule has 0 heterocycles. The van der Waals surface area contributed by atoms with Crippen LogP contribution in [0.4, 0.5) is 0 Å². The minimum absolute atomic E-state index is 0.296. The molecule has 0 saturated heterocycles. The van der Waals surface area contributed by atoms with Crippen molar-refractivity contribution in [1.29, 1.82) is 0 Å². The number of hydrogen-bond donors (Lipinski definition) is 2. The molecule has 0 aliphatic heterocycles. The van der Waals surface area contributed by atoms with Gasteiger partial charge in [0.05, 0.1) is 0 Å². The van der Waals surface area contributed by atoms with Crippen LogP contribution in [0.1, 0.15) is 43.4 Å². The number of hydrogen-bond acceptors (Lipinski definition) is 2. The van der Waals surface area contributed by atoms with Crippen molar-refractivity contribution in [3.63, 3.8) is 0 Å². The van der Waals surface area contributed by atoms with E-state index in [1.165, 1.54) is 30.4 Å². The summed E-state index contributed by atoms with van der Waals surface area (Å²) in [6.07, 6.45) is 4.68. The second-order valence-electron chi connectivity index (χ2n) is 5.50. The first kappa shape index (κ1) is 15.6. The van der Waals surface area contributed by atoms with Crippen LogP contribution in [0.15, 0.2) is 54.6 Å². The van der Waals surface area contributed by atoms with Gasteiger partial charge in [-0.1, -0.05) is 62.2 Å². The molecule has 0 aliphatic rings. The van der Waals surface area contributed by atoms with E-state index in [1.807, 2.05) is 18.2 Å². The van der Waals surface area contributed by atoms with E-state index >= 15 is 0 Å². The molecule has 21 heavy (non-hydrogen) atoms. The molecule has 1 atom stereocenters. The van der Waals surface area contributed by atoms with Crippen LogP contribution in [0.5, 0.6) is 5.75 Å². The number of nitrogens with one attached hydrogen (secondary N) is 1. The van der Waals surface area contributed by atoms with Crippen LogP contribution in [-0.2, 0) is 6.42 Å². The Kier molecular flexibility index (Phi) is 6.29. The smallest absolute Gasteiger partial charge is 0.115 e. The van der Waals surface area contributed by atoms with E-state index in [1.54, 1.807) is 12.1 Å². The zero-order chi connectivity index (χ0) is 14.9. The maximum atomic E-state index is 9.45. The summed E-state index contributed by atoms with van der Waals surface area (Å²) in [5, 5.41) is 13.1. The number of phenolic OH excluding ortho intramolecular Hbond substituents is 1. The van der Waals surface area contributed by atoms with E-state index < -0.39 is 0 Å². The third kappa shape index (κ3) is 5.24. The fourth-order valence-electron chi connectivity index (χ4n) is 2.52. The van der Waals surface area contributed by atoms with E-state index in [2.05, 4.69) is 36.5 Å². The SMILES string of the molecule is CCCCCNC(Cc1ccccc1)c1ccc(O)cc1. The number of benzene rings is 2. The van der Waals surface area contributed by atoms with Crippen molar-refractivity contribution in [2.75, 3.05) is 6.54 Å². The van der Waals surface area contributed by atoms with Crippen LogP contribution in [-0.4, -0.2) is 11.7 Å². The van der Waals surface area contributed by atoms with Crippen molar-refractivity contribution in [3.8, 4) is 5.75 Å². The lowest BCUT2D eigenvalue weighted by Gasteiger charge is -2.19. The summed E-state index contributed by atoms with van der Waals surface area (Å²) in [7, 11) is 0. The molecule has 0 fully saturated rings. The van der Waals surface area contributed by atoms with E-state index in [0.29, 0.717) is 11.8 Å². The van der Waals surface area contributed by atoms with Crippen LogP contribution in [0, 0.1) is 0 Å². The summed E-state index contributed by atoms with van der Waals surface area (Å²) in [6.45, 7) is 3.26. The van der Waals surface area contributed by atoms with E-state index in [0.717, 1.165) is 13.0 Å². The van der Waals surface area contributed by atoms with E-state index in [4.69, 9.17) is 0 Å². The molecule has 0 aliphatic carbocycles. The summed E-state index contributed by atoms with van der Waals surface area (Å²) < 4.78 is 0. The first-order valence-electron chi connectivity index (χ1n) is 7.86. The van der Waals surface area contributed by atoms with Crippen molar-refractivity contribution in [1.82, 2.24) is 5.32 Å². The Morgan fingerprint density at radius 2 is 1.67 bits per heavy atom. The number of unbranched alkanes of at least 4 members (excludes halogenated alkanes) is 2. The molecule has 0 radical (unpaired) electrons. The van der Waals surface area contributed by atoms with Crippen molar-refractivity contribution in [3.05, 3.63) is 65.7 Å². The quantitative estimate of drug-likeness (QED) is 0.701. The molecule has 0 amide bonds. The summed E-state index contributed by atoms with van der Waals surface area (Å²) in [6, 6.07) is 18.4. The average Bonchev–Trinajstić information content (AvgIpc) is 2.52. The lowest BCUT2D eigenvalue weighted by molar-refractivity contribution is 0.473. The van der Waals surface area contributed by atoms with Gasteiger partial charge in [-0.05, 0) is 42.6 Å². The number of rotatable bonds is 8. The third-order valence-electron chi connectivity index (χ3n) is 3.75. The third-order valence-corrected chi connectivity index (χ3v) is 3.75. The van der Waals surface area contributed by atoms with Gasteiger partial charge >= 0.3 is 0 Å². The molecule has 2 nitrogen and oxygen atoms in total. The minimum Gasteiger partial charge on any atom is -0.508 e. The number of phenols is 1. The second-order valence-corrected chi connectivity index (χ2v) is 5.50. The molecule has 2 heteroatoms. The van der Waals surface area contributed by atoms with Gasteiger partial charge in [0.2, 0.25) is 0 Å². The summed E-state index contributed by atoms with van der Waals surface area (Å²) in [5.41, 5.74) is 2.56. The molecule has 0 bridgehead atoms. The highest BCUT2D eigenvalue weighted by Gasteiger charge is 2.11. The highest BCUT2D eigenvalue weighted by molar-refractivity contribution is 5.29. The van der Waals surface area contributed by atoms with Crippen LogP contribution in [0.2, 0.25) is 0 Å². The normalized spacial score (nSPS) is 12.2. The van der Waals surface area contributed by atoms with Crippen LogP contribution in [0.25, 0.3) is 0 Å². The van der Waals surface area contributed by atoms with Gasteiger partial charge in [-0.2, -0.15) is 0 Å². The minimum atomic E-state index is 0.296. The Bertz CT molecular complexity index is 507. The fourth-order valence-corrected chi connectivity index (χ4v) is 2.52. The molecule has 2 aromatic rings. The summed E-state index contributed by atoms with van der Waals surface area (Å²) >= 11 is 0. The maximum Gasteiger partial charge on any atom is 0.115 e. The highest BCUT2D eigenvalue weighted by Crippen LogP contribution is 2.21. The molecule has 2 aromatic carbocycles. The van der Waals surface area contributed by atoms with Gasteiger partial charge in [0.25, 0.3) is 0 Å². The van der Waals surface area contributed by atoms with Gasteiger partial charge in [0, 0.05) is 6.04 Å². The Hall–Kier alpha value is -1.80. The van der Waals surface area contributed by atoms with Crippen LogP contribution in [0.3, 0.4) is 0 Å². The van der Waals surface area contributed by atoms with Crippen LogP contribution < -0.4 is 5.32 Å². The fraction of sp³-hybridized carbons (Fsp3) is 0.368. The van der Waals surface area contributed by atoms with Gasteiger partial charge in [-0.3, -0.25) is 0 Å². The van der Waals surface area contributed by atoms with Crippen molar-refractivity contribution in [2.45, 2.75) is 38.6 Å². The largest absolute Gasteiger partial charge is 0.508 e. The molecule has 2 N–H and O–H groups in total. The Balaban J connectivity index is 2.04. The summed E-state index contributed by atoms with van der Waals surface area (Å²) in [5.74, 6) is 0.322. The first-order chi connectivity index (χ1) is 10.3. The van der Waals surface area contributed by atoms with Gasteiger partial charge in [0.1, 0.15) is 5.75 Å². The van der Waals surface area contributed by atoms with Crippen LogP contribution >= 0.6 is 0 Å². The zero-order valence-corrected chi connectivity index (χ0v) is 12.8. The Morgan fingerprint density at radius 3 is 2.33 bits per heavy atom. The Morgan fingerprint density at radius 1 is 0.952 bits per heavy atom. The van der Waals surface area contributed by atoms with Gasteiger partial charge < -0.3 is 10.4 Å². The standard InChI is InChI=1S/C19H25NO/c1-2-3-7-14-20-19(15-16-8-5-4-6-9-16)17-10-12-18(21)13-11-17/h4-6,8-13,19-21H,2-3,7,14-15H2,1H3. The molecule has 0 aromatic heterocycles. The van der Waals surface area contributed by atoms with Crippen molar-refractivity contribution in [2.24, 2.45) is 0 Å². The molecule has 0 spiro atoms. The molecular formula is C19H25NO. The van der Waals surface area contributed by atoms with E-state index in [-0.39, 0.29) is 0 Å². The average molecular weight is 283 g/mol.